The van der Waals surface area contributed by atoms with Crippen LogP contribution in [0.4, 0.5) is 0 Å². The number of fused-ring (bicyclic) bond motifs is 1. The summed E-state index contributed by atoms with van der Waals surface area (Å²) in [7, 11) is 0. The van der Waals surface area contributed by atoms with Gasteiger partial charge < -0.3 is 9.72 Å². The molecule has 0 amide bonds. The van der Waals surface area contributed by atoms with Crippen LogP contribution in [0.25, 0.3) is 11.0 Å². The molecule has 1 N–H and O–H groups in total. The van der Waals surface area contributed by atoms with Crippen LogP contribution in [0.1, 0.15) is 19.5 Å². The van der Waals surface area contributed by atoms with E-state index in [0.717, 1.165) is 17.6 Å². The average molecular weight is 273 g/mol. The summed E-state index contributed by atoms with van der Waals surface area (Å²) in [6.45, 7) is 6.26. The Hall–Kier alpha value is -1.72. The smallest absolute Gasteiger partial charge is 0.271 e. The fourth-order valence-electron chi connectivity index (χ4n) is 2.56. The molecule has 1 aromatic heterocycles. The highest BCUT2D eigenvalue weighted by Crippen LogP contribution is 2.14. The molecular formula is C15H19N3O2. The molecule has 1 saturated heterocycles. The number of nitrogens with zero attached hydrogens (tertiary/aromatic N) is 2. The van der Waals surface area contributed by atoms with Crippen molar-refractivity contribution in [1.82, 2.24) is 14.9 Å². The second-order valence-corrected chi connectivity index (χ2v) is 5.45. The lowest BCUT2D eigenvalue weighted by Gasteiger charge is -2.36. The Morgan fingerprint density at radius 3 is 3.05 bits per heavy atom. The molecule has 0 aliphatic carbocycles. The summed E-state index contributed by atoms with van der Waals surface area (Å²) in [4.78, 5) is 21.8. The van der Waals surface area contributed by atoms with Gasteiger partial charge in [-0.1, -0.05) is 12.1 Å². The van der Waals surface area contributed by atoms with Crippen LogP contribution in [0.15, 0.2) is 29.1 Å². The van der Waals surface area contributed by atoms with E-state index in [1.807, 2.05) is 24.3 Å². The number of aromatic amines is 1. The average Bonchev–Trinajstić information content (AvgIpc) is 2.43. The Morgan fingerprint density at radius 2 is 2.20 bits per heavy atom. The van der Waals surface area contributed by atoms with Gasteiger partial charge in [-0.05, 0) is 26.0 Å². The summed E-state index contributed by atoms with van der Waals surface area (Å²) in [5, 5.41) is 0. The maximum atomic E-state index is 12.1. The lowest BCUT2D eigenvalue weighted by atomic mass is 10.2. The number of hydrogen-bond donors (Lipinski definition) is 1. The number of morpholine rings is 1. The lowest BCUT2D eigenvalue weighted by Crippen LogP contribution is -2.47. The van der Waals surface area contributed by atoms with E-state index in [9.17, 15) is 4.79 Å². The van der Waals surface area contributed by atoms with Crippen molar-refractivity contribution in [3.05, 3.63) is 40.3 Å². The van der Waals surface area contributed by atoms with Crippen molar-refractivity contribution in [3.8, 4) is 0 Å². The largest absolute Gasteiger partial charge is 0.376 e. The van der Waals surface area contributed by atoms with E-state index in [1.54, 1.807) is 0 Å². The summed E-state index contributed by atoms with van der Waals surface area (Å²) in [6, 6.07) is 7.91. The number of para-hydroxylation sites is 2. The van der Waals surface area contributed by atoms with Gasteiger partial charge >= 0.3 is 0 Å². The van der Waals surface area contributed by atoms with Crippen LogP contribution in [-0.2, 0) is 11.3 Å². The maximum Gasteiger partial charge on any atom is 0.271 e. The molecule has 0 bridgehead atoms. The van der Waals surface area contributed by atoms with Crippen molar-refractivity contribution in [2.24, 2.45) is 0 Å². The minimum absolute atomic E-state index is 0.102. The van der Waals surface area contributed by atoms with Gasteiger partial charge in [0.2, 0.25) is 0 Å². The molecule has 1 aliphatic heterocycles. The predicted molar refractivity (Wildman–Crippen MR) is 77.6 cm³/mol. The molecule has 2 atom stereocenters. The van der Waals surface area contributed by atoms with E-state index >= 15 is 0 Å². The molecular weight excluding hydrogens is 254 g/mol. The van der Waals surface area contributed by atoms with E-state index in [-0.39, 0.29) is 11.7 Å². The van der Waals surface area contributed by atoms with Crippen molar-refractivity contribution >= 4 is 11.0 Å². The van der Waals surface area contributed by atoms with Gasteiger partial charge in [0.1, 0.15) is 5.69 Å². The van der Waals surface area contributed by atoms with Crippen molar-refractivity contribution in [2.75, 3.05) is 13.2 Å². The minimum Gasteiger partial charge on any atom is -0.376 e. The van der Waals surface area contributed by atoms with E-state index in [2.05, 4.69) is 28.7 Å². The van der Waals surface area contributed by atoms with E-state index in [1.165, 1.54) is 0 Å². The third kappa shape index (κ3) is 2.59. The molecule has 5 nitrogen and oxygen atoms in total. The molecule has 106 valence electrons. The Balaban J connectivity index is 1.90. The normalized spacial score (nSPS) is 24.1. The summed E-state index contributed by atoms with van der Waals surface area (Å²) in [5.74, 6) is 0. The summed E-state index contributed by atoms with van der Waals surface area (Å²) >= 11 is 0. The van der Waals surface area contributed by atoms with Crippen molar-refractivity contribution in [3.63, 3.8) is 0 Å². The first-order valence-electron chi connectivity index (χ1n) is 6.97. The number of H-pyrrole nitrogens is 1. The maximum absolute atomic E-state index is 12.1. The summed E-state index contributed by atoms with van der Waals surface area (Å²) in [5.41, 5.74) is 2.08. The van der Waals surface area contributed by atoms with Crippen LogP contribution in [0.2, 0.25) is 0 Å². The first-order valence-corrected chi connectivity index (χ1v) is 6.97. The Bertz CT molecular complexity index is 667. The molecule has 3 rings (SSSR count). The molecule has 0 spiro atoms. The summed E-state index contributed by atoms with van der Waals surface area (Å²) < 4.78 is 5.61. The van der Waals surface area contributed by atoms with Crippen molar-refractivity contribution in [2.45, 2.75) is 32.5 Å². The molecule has 1 fully saturated rings. The summed E-state index contributed by atoms with van der Waals surface area (Å²) in [6.07, 6.45) is 0.200. The van der Waals surface area contributed by atoms with Crippen LogP contribution < -0.4 is 5.56 Å². The first kappa shape index (κ1) is 13.3. The van der Waals surface area contributed by atoms with Gasteiger partial charge in [-0.2, -0.15) is 0 Å². The van der Waals surface area contributed by atoms with Gasteiger partial charge in [0.05, 0.1) is 23.7 Å². The molecule has 20 heavy (non-hydrogen) atoms. The Labute approximate surface area is 117 Å². The molecule has 2 aromatic rings. The standard InChI is InChI=1S/C15H19N3O2/c1-10-9-20-11(2)7-18(10)8-14-15(19)17-13-6-4-3-5-12(13)16-14/h3-6,10-11H,7-9H2,1-2H3,(H,17,19)/t10-,11-/m0/s1. The van der Waals surface area contributed by atoms with Crippen LogP contribution in [0.5, 0.6) is 0 Å². The number of nitrogens with one attached hydrogen (secondary N) is 1. The SMILES string of the molecule is C[C@H]1CN(Cc2nc3ccccc3[nH]c2=O)[C@@H](C)CO1. The Morgan fingerprint density at radius 1 is 1.40 bits per heavy atom. The van der Waals surface area contributed by atoms with Crippen LogP contribution >= 0.6 is 0 Å². The van der Waals surface area contributed by atoms with Crippen LogP contribution in [0, 0.1) is 0 Å². The zero-order valence-electron chi connectivity index (χ0n) is 11.8. The highest BCUT2D eigenvalue weighted by molar-refractivity contribution is 5.73. The highest BCUT2D eigenvalue weighted by atomic mass is 16.5. The van der Waals surface area contributed by atoms with Crippen molar-refractivity contribution < 1.29 is 4.74 Å². The third-order valence-electron chi connectivity index (χ3n) is 3.76. The molecule has 1 aromatic carbocycles. The second-order valence-electron chi connectivity index (χ2n) is 5.45. The topological polar surface area (TPSA) is 58.2 Å². The minimum atomic E-state index is -0.102. The van der Waals surface area contributed by atoms with Gasteiger partial charge in [0, 0.05) is 19.1 Å². The molecule has 0 unspecified atom stereocenters. The van der Waals surface area contributed by atoms with Crippen molar-refractivity contribution in [1.29, 1.82) is 0 Å². The fraction of sp³-hybridized carbons (Fsp3) is 0.467. The van der Waals surface area contributed by atoms with Gasteiger partial charge in [0.25, 0.3) is 5.56 Å². The predicted octanol–water partition coefficient (Wildman–Crippen LogP) is 1.53. The molecule has 0 radical (unpaired) electrons. The van der Waals surface area contributed by atoms with E-state index < -0.39 is 0 Å². The lowest BCUT2D eigenvalue weighted by molar-refractivity contribution is -0.0531. The number of ether oxygens (including phenoxy) is 1. The molecule has 5 heteroatoms. The zero-order chi connectivity index (χ0) is 14.1. The number of rotatable bonds is 2. The number of aromatic nitrogens is 2. The van der Waals surface area contributed by atoms with Gasteiger partial charge in [-0.15, -0.1) is 0 Å². The zero-order valence-corrected chi connectivity index (χ0v) is 11.8. The van der Waals surface area contributed by atoms with Crippen LogP contribution in [-0.4, -0.2) is 40.2 Å². The number of benzene rings is 1. The van der Waals surface area contributed by atoms with E-state index in [0.29, 0.717) is 24.9 Å². The number of hydrogen-bond acceptors (Lipinski definition) is 4. The fourth-order valence-corrected chi connectivity index (χ4v) is 2.56. The van der Waals surface area contributed by atoms with Gasteiger partial charge in [-0.3, -0.25) is 9.69 Å². The molecule has 2 heterocycles. The Kier molecular flexibility index (Phi) is 3.54. The molecule has 1 aliphatic rings. The third-order valence-corrected chi connectivity index (χ3v) is 3.76. The first-order chi connectivity index (χ1) is 9.63. The quantitative estimate of drug-likeness (QED) is 0.901. The second kappa shape index (κ2) is 5.34. The van der Waals surface area contributed by atoms with Gasteiger partial charge in [-0.25, -0.2) is 4.98 Å². The van der Waals surface area contributed by atoms with E-state index in [4.69, 9.17) is 4.74 Å². The van der Waals surface area contributed by atoms with Crippen LogP contribution in [0.3, 0.4) is 0 Å². The molecule has 0 saturated carbocycles. The van der Waals surface area contributed by atoms with Gasteiger partial charge in [0.15, 0.2) is 0 Å². The highest BCUT2D eigenvalue weighted by Gasteiger charge is 2.24. The monoisotopic (exact) mass is 273 g/mol.